The summed E-state index contributed by atoms with van der Waals surface area (Å²) in [5.41, 5.74) is 0.775. The Balaban J connectivity index is 1.71. The van der Waals surface area contributed by atoms with Crippen molar-refractivity contribution in [2.75, 3.05) is 0 Å². The van der Waals surface area contributed by atoms with Crippen molar-refractivity contribution in [2.45, 2.75) is 52.2 Å². The van der Waals surface area contributed by atoms with Gasteiger partial charge in [0.2, 0.25) is 0 Å². The molecule has 1 saturated carbocycles. The van der Waals surface area contributed by atoms with Crippen molar-refractivity contribution in [3.63, 3.8) is 0 Å². The number of ether oxygens (including phenoxy) is 1. The summed E-state index contributed by atoms with van der Waals surface area (Å²) in [7, 11) is 0. The van der Waals surface area contributed by atoms with Crippen LogP contribution >= 0.6 is 0 Å². The van der Waals surface area contributed by atoms with Gasteiger partial charge in [0.15, 0.2) is 5.69 Å². The van der Waals surface area contributed by atoms with Crippen molar-refractivity contribution in [3.05, 3.63) is 47.1 Å². The van der Waals surface area contributed by atoms with Crippen LogP contribution in [0.25, 0.3) is 0 Å². The standard InChI is InChI=1S/C21H25N3O5/c1-11-12-7-8-15(14(12)6-5-13(11)20(28)29-21(2,3)4)24-18(25)16-9-17(19(26)27)23-10-22-16/h5-6,9-10,12,14-15H,7-8H2,1-4H3,(H,24,25)(H,26,27)/t12?,14?,15-/m0/s1. The maximum absolute atomic E-state index is 12.6. The highest BCUT2D eigenvalue weighted by Crippen LogP contribution is 2.42. The van der Waals surface area contributed by atoms with Crippen molar-refractivity contribution in [1.82, 2.24) is 15.3 Å². The minimum absolute atomic E-state index is 0.0161. The maximum atomic E-state index is 12.6. The summed E-state index contributed by atoms with van der Waals surface area (Å²) < 4.78 is 5.50. The Bertz CT molecular complexity index is 913. The molecule has 1 amide bonds. The predicted molar refractivity (Wildman–Crippen MR) is 104 cm³/mol. The van der Waals surface area contributed by atoms with Gasteiger partial charge in [-0.3, -0.25) is 4.79 Å². The molecular formula is C21H25N3O5. The number of hydrogen-bond donors (Lipinski definition) is 2. The highest BCUT2D eigenvalue weighted by Gasteiger charge is 2.40. The number of carboxylic acid groups (broad SMARTS) is 1. The quantitative estimate of drug-likeness (QED) is 0.747. The van der Waals surface area contributed by atoms with E-state index in [1.165, 1.54) is 0 Å². The van der Waals surface area contributed by atoms with Gasteiger partial charge in [0.05, 0.1) is 5.57 Å². The minimum atomic E-state index is -1.21. The highest BCUT2D eigenvalue weighted by molar-refractivity contribution is 5.95. The third kappa shape index (κ3) is 4.52. The fourth-order valence-electron chi connectivity index (χ4n) is 3.91. The van der Waals surface area contributed by atoms with E-state index in [0.717, 1.165) is 30.8 Å². The molecule has 154 valence electrons. The van der Waals surface area contributed by atoms with Crippen molar-refractivity contribution in [2.24, 2.45) is 11.8 Å². The molecule has 2 aliphatic carbocycles. The van der Waals surface area contributed by atoms with E-state index in [1.54, 1.807) is 6.08 Å². The number of hydrogen-bond acceptors (Lipinski definition) is 6. The van der Waals surface area contributed by atoms with Gasteiger partial charge in [-0.25, -0.2) is 19.6 Å². The van der Waals surface area contributed by atoms with Crippen molar-refractivity contribution < 1.29 is 24.2 Å². The zero-order chi connectivity index (χ0) is 21.3. The molecule has 0 radical (unpaired) electrons. The summed E-state index contributed by atoms with van der Waals surface area (Å²) in [6, 6.07) is 1.04. The Morgan fingerprint density at radius 3 is 2.52 bits per heavy atom. The molecule has 3 rings (SSSR count). The van der Waals surface area contributed by atoms with Crippen LogP contribution in [0, 0.1) is 11.8 Å². The first-order valence-corrected chi connectivity index (χ1v) is 9.55. The molecule has 2 N–H and O–H groups in total. The molecule has 1 aromatic rings. The van der Waals surface area contributed by atoms with Crippen LogP contribution in [0.3, 0.4) is 0 Å². The predicted octanol–water partition coefficient (Wildman–Crippen LogP) is 2.53. The highest BCUT2D eigenvalue weighted by atomic mass is 16.6. The molecule has 0 aliphatic heterocycles. The number of carboxylic acids is 1. The van der Waals surface area contributed by atoms with Crippen molar-refractivity contribution >= 4 is 17.8 Å². The molecule has 1 heterocycles. The third-order valence-electron chi connectivity index (χ3n) is 5.24. The average molecular weight is 399 g/mol. The SMILES string of the molecule is CC1=C(C(=O)OC(C)(C)C)C=CC2C1CC[C@@H]2NC(=O)c1cc(C(=O)O)ncn1. The molecule has 0 aromatic carbocycles. The molecule has 8 nitrogen and oxygen atoms in total. The molecule has 0 spiro atoms. The molecule has 29 heavy (non-hydrogen) atoms. The number of rotatable bonds is 4. The molecule has 2 aliphatic rings. The van der Waals surface area contributed by atoms with Crippen molar-refractivity contribution in [3.8, 4) is 0 Å². The lowest BCUT2D eigenvalue weighted by atomic mass is 9.81. The normalized spacial score (nSPS) is 23.5. The number of nitrogens with zero attached hydrogens (tertiary/aromatic N) is 2. The van der Waals surface area contributed by atoms with E-state index in [2.05, 4.69) is 15.3 Å². The molecular weight excluding hydrogens is 374 g/mol. The van der Waals surface area contributed by atoms with Gasteiger partial charge in [-0.15, -0.1) is 0 Å². The topological polar surface area (TPSA) is 118 Å². The van der Waals surface area contributed by atoms with E-state index in [4.69, 9.17) is 9.84 Å². The van der Waals surface area contributed by atoms with Gasteiger partial charge in [-0.2, -0.15) is 0 Å². The van der Waals surface area contributed by atoms with Crippen LogP contribution in [0.1, 0.15) is 61.5 Å². The molecule has 8 heteroatoms. The van der Waals surface area contributed by atoms with Crippen LogP contribution in [0.2, 0.25) is 0 Å². The molecule has 2 unspecified atom stereocenters. The molecule has 1 fully saturated rings. The van der Waals surface area contributed by atoms with Crippen LogP contribution in [0.5, 0.6) is 0 Å². The third-order valence-corrected chi connectivity index (χ3v) is 5.24. The smallest absolute Gasteiger partial charge is 0.354 e. The van der Waals surface area contributed by atoms with Crippen LogP contribution in [-0.4, -0.2) is 44.6 Å². The van der Waals surface area contributed by atoms with E-state index in [1.807, 2.05) is 33.8 Å². The van der Waals surface area contributed by atoms with Gasteiger partial charge in [0.1, 0.15) is 17.6 Å². The Morgan fingerprint density at radius 2 is 1.86 bits per heavy atom. The number of allylic oxidation sites excluding steroid dienone is 1. The Kier molecular flexibility index (Phi) is 5.55. The fourth-order valence-corrected chi connectivity index (χ4v) is 3.91. The molecule has 1 aromatic heterocycles. The van der Waals surface area contributed by atoms with Gasteiger partial charge >= 0.3 is 11.9 Å². The summed E-state index contributed by atoms with van der Waals surface area (Å²) >= 11 is 0. The monoisotopic (exact) mass is 399 g/mol. The first kappa shape index (κ1) is 20.7. The molecule has 0 saturated heterocycles. The van der Waals surface area contributed by atoms with Gasteiger partial charge in [0.25, 0.3) is 5.91 Å². The van der Waals surface area contributed by atoms with E-state index in [9.17, 15) is 14.4 Å². The lowest BCUT2D eigenvalue weighted by Crippen LogP contribution is -2.39. The zero-order valence-corrected chi connectivity index (χ0v) is 16.9. The second-order valence-electron chi connectivity index (χ2n) is 8.39. The number of carbonyl (C=O) groups excluding carboxylic acids is 2. The van der Waals surface area contributed by atoms with E-state index in [-0.39, 0.29) is 35.2 Å². The van der Waals surface area contributed by atoms with Gasteiger partial charge < -0.3 is 15.2 Å². The van der Waals surface area contributed by atoms with E-state index < -0.39 is 17.5 Å². The second-order valence-corrected chi connectivity index (χ2v) is 8.39. The van der Waals surface area contributed by atoms with E-state index >= 15 is 0 Å². The maximum Gasteiger partial charge on any atom is 0.354 e. The number of carbonyl (C=O) groups is 3. The number of aromatic carboxylic acids is 1. The van der Waals surface area contributed by atoms with E-state index in [0.29, 0.717) is 5.57 Å². The number of nitrogens with one attached hydrogen (secondary N) is 1. The Labute approximate surface area is 169 Å². The Hall–Kier alpha value is -3.03. The Morgan fingerprint density at radius 1 is 1.17 bits per heavy atom. The molecule has 3 atom stereocenters. The zero-order valence-electron chi connectivity index (χ0n) is 16.9. The second kappa shape index (κ2) is 7.77. The average Bonchev–Trinajstić information content (AvgIpc) is 3.04. The fraction of sp³-hybridized carbons (Fsp3) is 0.476. The number of esters is 1. The van der Waals surface area contributed by atoms with Crippen molar-refractivity contribution in [1.29, 1.82) is 0 Å². The van der Waals surface area contributed by atoms with Crippen LogP contribution in [0.15, 0.2) is 35.7 Å². The summed E-state index contributed by atoms with van der Waals surface area (Å²) in [4.78, 5) is 43.6. The van der Waals surface area contributed by atoms with Crippen LogP contribution in [-0.2, 0) is 9.53 Å². The van der Waals surface area contributed by atoms with Crippen LogP contribution < -0.4 is 5.32 Å². The number of aromatic nitrogens is 2. The van der Waals surface area contributed by atoms with Gasteiger partial charge in [-0.1, -0.05) is 17.7 Å². The number of amides is 1. The van der Waals surface area contributed by atoms with Crippen LogP contribution in [0.4, 0.5) is 0 Å². The summed E-state index contributed by atoms with van der Waals surface area (Å²) in [6.07, 6.45) is 6.39. The first-order valence-electron chi connectivity index (χ1n) is 9.55. The summed E-state index contributed by atoms with van der Waals surface area (Å²) in [5.74, 6) is -1.78. The summed E-state index contributed by atoms with van der Waals surface area (Å²) in [6.45, 7) is 7.44. The lowest BCUT2D eigenvalue weighted by Gasteiger charge is -2.29. The first-order chi connectivity index (χ1) is 13.6. The van der Waals surface area contributed by atoms with Gasteiger partial charge in [-0.05, 0) is 46.5 Å². The van der Waals surface area contributed by atoms with Gasteiger partial charge in [0, 0.05) is 18.0 Å². The largest absolute Gasteiger partial charge is 0.477 e. The minimum Gasteiger partial charge on any atom is -0.477 e. The number of fused-ring (bicyclic) bond motifs is 1. The lowest BCUT2D eigenvalue weighted by molar-refractivity contribution is -0.149. The molecule has 0 bridgehead atoms. The summed E-state index contributed by atoms with van der Waals surface area (Å²) in [5, 5.41) is 12.0.